The summed E-state index contributed by atoms with van der Waals surface area (Å²) in [6.07, 6.45) is 1.77. The van der Waals surface area contributed by atoms with Crippen LogP contribution in [0.3, 0.4) is 0 Å². The van der Waals surface area contributed by atoms with Crippen molar-refractivity contribution in [2.45, 2.75) is 33.6 Å². The van der Waals surface area contributed by atoms with Crippen LogP contribution >= 0.6 is 0 Å². The van der Waals surface area contributed by atoms with E-state index in [9.17, 15) is 9.59 Å². The van der Waals surface area contributed by atoms with Crippen molar-refractivity contribution in [2.24, 2.45) is 5.92 Å². The first kappa shape index (κ1) is 18.7. The van der Waals surface area contributed by atoms with Crippen LogP contribution in [-0.4, -0.2) is 18.4 Å². The molecule has 2 rings (SSSR count). The molecular weight excluding hydrogens is 312 g/mol. The number of para-hydroxylation sites is 1. The van der Waals surface area contributed by atoms with Gasteiger partial charge in [-0.1, -0.05) is 45.0 Å². The largest absolute Gasteiger partial charge is 0.352 e. The number of amides is 2. The van der Waals surface area contributed by atoms with Gasteiger partial charge in [-0.15, -0.1) is 0 Å². The third kappa shape index (κ3) is 5.45. The van der Waals surface area contributed by atoms with E-state index in [1.807, 2.05) is 31.2 Å². The van der Waals surface area contributed by atoms with Crippen molar-refractivity contribution in [3.63, 3.8) is 0 Å². The molecule has 0 aliphatic rings. The molecule has 0 radical (unpaired) electrons. The third-order valence-electron chi connectivity index (χ3n) is 4.04. The van der Waals surface area contributed by atoms with Gasteiger partial charge in [0.2, 0.25) is 0 Å². The van der Waals surface area contributed by atoms with Crippen LogP contribution in [-0.2, 0) is 6.42 Å². The van der Waals surface area contributed by atoms with Crippen molar-refractivity contribution >= 4 is 17.5 Å². The molecule has 0 aliphatic heterocycles. The van der Waals surface area contributed by atoms with E-state index >= 15 is 0 Å². The molecule has 0 saturated heterocycles. The van der Waals surface area contributed by atoms with Crippen molar-refractivity contribution in [2.75, 3.05) is 11.9 Å². The van der Waals surface area contributed by atoms with Crippen LogP contribution in [0.15, 0.2) is 48.5 Å². The molecule has 0 aliphatic carbocycles. The Kier molecular flexibility index (Phi) is 6.75. The molecule has 0 fully saturated rings. The molecule has 0 unspecified atom stereocenters. The van der Waals surface area contributed by atoms with Gasteiger partial charge in [-0.25, -0.2) is 0 Å². The van der Waals surface area contributed by atoms with Crippen molar-refractivity contribution in [3.05, 3.63) is 65.2 Å². The maximum absolute atomic E-state index is 12.5. The molecular formula is C21H26N2O2. The average Bonchev–Trinajstić information content (AvgIpc) is 2.61. The standard InChI is InChI=1S/C21H26N2O2/c1-4-16-8-5-6-11-19(16)23-21(25)18-10-7-9-17(14-18)20(24)22-13-12-15(2)3/h5-11,14-15H,4,12-13H2,1-3H3,(H,22,24)(H,23,25). The first-order valence-electron chi connectivity index (χ1n) is 8.78. The summed E-state index contributed by atoms with van der Waals surface area (Å²) in [6, 6.07) is 14.5. The quantitative estimate of drug-likeness (QED) is 0.792. The lowest BCUT2D eigenvalue weighted by Crippen LogP contribution is -2.25. The minimum Gasteiger partial charge on any atom is -0.352 e. The minimum atomic E-state index is -0.210. The molecule has 25 heavy (non-hydrogen) atoms. The second-order valence-corrected chi connectivity index (χ2v) is 6.48. The van der Waals surface area contributed by atoms with Crippen LogP contribution in [0.1, 0.15) is 53.5 Å². The molecule has 4 nitrogen and oxygen atoms in total. The van der Waals surface area contributed by atoms with Crippen LogP contribution in [0, 0.1) is 5.92 Å². The van der Waals surface area contributed by atoms with E-state index in [1.165, 1.54) is 0 Å². The fraction of sp³-hybridized carbons (Fsp3) is 0.333. The zero-order valence-corrected chi connectivity index (χ0v) is 15.1. The van der Waals surface area contributed by atoms with E-state index in [1.54, 1.807) is 24.3 Å². The van der Waals surface area contributed by atoms with Gasteiger partial charge in [-0.3, -0.25) is 9.59 Å². The SMILES string of the molecule is CCc1ccccc1NC(=O)c1cccc(C(=O)NCCC(C)C)c1. The Morgan fingerprint density at radius 1 is 0.960 bits per heavy atom. The first-order chi connectivity index (χ1) is 12.0. The lowest BCUT2D eigenvalue weighted by atomic mass is 10.1. The number of carbonyl (C=O) groups is 2. The molecule has 0 bridgehead atoms. The lowest BCUT2D eigenvalue weighted by Gasteiger charge is -2.11. The Morgan fingerprint density at radius 2 is 1.64 bits per heavy atom. The van der Waals surface area contributed by atoms with Crippen LogP contribution in [0.25, 0.3) is 0 Å². The van der Waals surface area contributed by atoms with Gasteiger partial charge in [0.05, 0.1) is 0 Å². The normalized spacial score (nSPS) is 10.6. The zero-order chi connectivity index (χ0) is 18.2. The Labute approximate surface area is 149 Å². The number of rotatable bonds is 7. The number of anilines is 1. The number of nitrogens with one attached hydrogen (secondary N) is 2. The van der Waals surface area contributed by atoms with E-state index in [0.29, 0.717) is 23.6 Å². The van der Waals surface area contributed by atoms with Gasteiger partial charge in [-0.2, -0.15) is 0 Å². The number of benzene rings is 2. The van der Waals surface area contributed by atoms with E-state index < -0.39 is 0 Å². The van der Waals surface area contributed by atoms with Gasteiger partial charge in [0, 0.05) is 23.4 Å². The number of hydrogen-bond acceptors (Lipinski definition) is 2. The summed E-state index contributed by atoms with van der Waals surface area (Å²) in [4.78, 5) is 24.7. The van der Waals surface area contributed by atoms with Gasteiger partial charge in [-0.05, 0) is 48.6 Å². The molecule has 4 heteroatoms. The lowest BCUT2D eigenvalue weighted by molar-refractivity contribution is 0.0952. The van der Waals surface area contributed by atoms with E-state index in [4.69, 9.17) is 0 Å². The maximum Gasteiger partial charge on any atom is 0.255 e. The molecule has 2 N–H and O–H groups in total. The highest BCUT2D eigenvalue weighted by Crippen LogP contribution is 2.17. The summed E-state index contributed by atoms with van der Waals surface area (Å²) in [5.41, 5.74) is 2.86. The van der Waals surface area contributed by atoms with Gasteiger partial charge >= 0.3 is 0 Å². The second kappa shape index (κ2) is 9.02. The zero-order valence-electron chi connectivity index (χ0n) is 15.1. The molecule has 2 aromatic carbocycles. The molecule has 132 valence electrons. The molecule has 0 spiro atoms. The first-order valence-corrected chi connectivity index (χ1v) is 8.78. The topological polar surface area (TPSA) is 58.2 Å². The Balaban J connectivity index is 2.07. The van der Waals surface area contributed by atoms with Gasteiger partial charge in [0.1, 0.15) is 0 Å². The van der Waals surface area contributed by atoms with Crippen LogP contribution in [0.4, 0.5) is 5.69 Å². The highest BCUT2D eigenvalue weighted by molar-refractivity contribution is 6.06. The van der Waals surface area contributed by atoms with Crippen LogP contribution in [0.5, 0.6) is 0 Å². The van der Waals surface area contributed by atoms with E-state index in [2.05, 4.69) is 24.5 Å². The Morgan fingerprint density at radius 3 is 2.32 bits per heavy atom. The molecule has 2 amide bonds. The van der Waals surface area contributed by atoms with Crippen LogP contribution < -0.4 is 10.6 Å². The summed E-state index contributed by atoms with van der Waals surface area (Å²) >= 11 is 0. The monoisotopic (exact) mass is 338 g/mol. The van der Waals surface area contributed by atoms with Crippen molar-refractivity contribution in [1.29, 1.82) is 0 Å². The Hall–Kier alpha value is -2.62. The molecule has 0 atom stereocenters. The average molecular weight is 338 g/mol. The van der Waals surface area contributed by atoms with E-state index in [-0.39, 0.29) is 11.8 Å². The fourth-order valence-electron chi connectivity index (χ4n) is 2.52. The molecule has 2 aromatic rings. The summed E-state index contributed by atoms with van der Waals surface area (Å²) < 4.78 is 0. The van der Waals surface area contributed by atoms with Crippen LogP contribution in [0.2, 0.25) is 0 Å². The molecule has 0 heterocycles. The van der Waals surface area contributed by atoms with Gasteiger partial charge < -0.3 is 10.6 Å². The predicted octanol–water partition coefficient (Wildman–Crippen LogP) is 4.28. The van der Waals surface area contributed by atoms with E-state index in [0.717, 1.165) is 24.1 Å². The summed E-state index contributed by atoms with van der Waals surface area (Å²) in [5.74, 6) is 0.179. The van der Waals surface area contributed by atoms with Crippen molar-refractivity contribution in [1.82, 2.24) is 5.32 Å². The van der Waals surface area contributed by atoms with Gasteiger partial charge in [0.15, 0.2) is 0 Å². The van der Waals surface area contributed by atoms with Crippen molar-refractivity contribution < 1.29 is 9.59 Å². The molecule has 0 saturated carbocycles. The van der Waals surface area contributed by atoms with Crippen molar-refractivity contribution in [3.8, 4) is 0 Å². The number of carbonyl (C=O) groups excluding carboxylic acids is 2. The third-order valence-corrected chi connectivity index (χ3v) is 4.04. The summed E-state index contributed by atoms with van der Waals surface area (Å²) in [6.45, 7) is 6.92. The summed E-state index contributed by atoms with van der Waals surface area (Å²) in [7, 11) is 0. The Bertz CT molecular complexity index is 738. The smallest absolute Gasteiger partial charge is 0.255 e. The number of aryl methyl sites for hydroxylation is 1. The number of hydrogen-bond donors (Lipinski definition) is 2. The predicted molar refractivity (Wildman–Crippen MR) is 102 cm³/mol. The fourth-order valence-corrected chi connectivity index (χ4v) is 2.52. The second-order valence-electron chi connectivity index (χ2n) is 6.48. The highest BCUT2D eigenvalue weighted by Gasteiger charge is 2.12. The molecule has 0 aromatic heterocycles. The summed E-state index contributed by atoms with van der Waals surface area (Å²) in [5, 5.41) is 5.83. The highest BCUT2D eigenvalue weighted by atomic mass is 16.2. The minimum absolute atomic E-state index is 0.149. The van der Waals surface area contributed by atoms with Gasteiger partial charge in [0.25, 0.3) is 11.8 Å². The maximum atomic E-state index is 12.5.